The first kappa shape index (κ1) is 15.5. The van der Waals surface area contributed by atoms with Crippen LogP contribution in [0.5, 0.6) is 5.75 Å². The molecule has 0 heterocycles. The molecule has 0 saturated heterocycles. The fourth-order valence-electron chi connectivity index (χ4n) is 1.94. The fraction of sp³-hybridized carbons (Fsp3) is 0.188. The summed E-state index contributed by atoms with van der Waals surface area (Å²) in [4.78, 5) is 13.9. The summed E-state index contributed by atoms with van der Waals surface area (Å²) >= 11 is 3.27. The molecule has 0 unspecified atom stereocenters. The number of rotatable bonds is 4. The molecule has 110 valence electrons. The topological polar surface area (TPSA) is 29.5 Å². The molecule has 0 aromatic heterocycles. The van der Waals surface area contributed by atoms with E-state index < -0.39 is 5.82 Å². The number of carbonyl (C=O) groups excluding carboxylic acids is 1. The Morgan fingerprint density at radius 1 is 1.24 bits per heavy atom. The van der Waals surface area contributed by atoms with E-state index in [1.165, 1.54) is 18.2 Å². The number of halogens is 2. The highest BCUT2D eigenvalue weighted by Crippen LogP contribution is 2.20. The van der Waals surface area contributed by atoms with Crippen molar-refractivity contribution in [3.8, 4) is 5.75 Å². The number of methoxy groups -OCH3 is 1. The average molecular weight is 352 g/mol. The molecule has 0 N–H and O–H groups in total. The normalized spacial score (nSPS) is 10.3. The van der Waals surface area contributed by atoms with Gasteiger partial charge in [-0.3, -0.25) is 4.79 Å². The molecule has 2 aromatic rings. The van der Waals surface area contributed by atoms with Crippen LogP contribution < -0.4 is 4.74 Å². The minimum absolute atomic E-state index is 0.239. The summed E-state index contributed by atoms with van der Waals surface area (Å²) in [5.41, 5.74) is 1.28. The maximum Gasteiger partial charge on any atom is 0.255 e. The summed E-state index contributed by atoms with van der Waals surface area (Å²) in [7, 11) is 3.29. The molecular formula is C16H15BrFNO2. The Bertz CT molecular complexity index is 643. The van der Waals surface area contributed by atoms with Gasteiger partial charge in [0.1, 0.15) is 11.6 Å². The molecule has 0 aliphatic heterocycles. The van der Waals surface area contributed by atoms with Crippen molar-refractivity contribution in [1.29, 1.82) is 0 Å². The molecule has 0 spiro atoms. The van der Waals surface area contributed by atoms with Gasteiger partial charge < -0.3 is 9.64 Å². The highest BCUT2D eigenvalue weighted by Gasteiger charge is 2.16. The van der Waals surface area contributed by atoms with Crippen LogP contribution in [-0.4, -0.2) is 25.0 Å². The third-order valence-electron chi connectivity index (χ3n) is 3.08. The molecule has 0 atom stereocenters. The third-order valence-corrected chi connectivity index (χ3v) is 3.78. The predicted molar refractivity (Wildman–Crippen MR) is 82.9 cm³/mol. The minimum atomic E-state index is -0.431. The van der Waals surface area contributed by atoms with Gasteiger partial charge >= 0.3 is 0 Å². The predicted octanol–water partition coefficient (Wildman–Crippen LogP) is 3.87. The SMILES string of the molecule is COc1ccc(CN(C)C(=O)c2cc(F)ccc2Br)cc1. The van der Waals surface area contributed by atoms with Crippen LogP contribution in [0.1, 0.15) is 15.9 Å². The summed E-state index contributed by atoms with van der Waals surface area (Å²) < 4.78 is 18.9. The molecule has 0 aliphatic rings. The smallest absolute Gasteiger partial charge is 0.255 e. The Hall–Kier alpha value is -1.88. The molecule has 0 bridgehead atoms. The van der Waals surface area contributed by atoms with Crippen LogP contribution in [0.2, 0.25) is 0 Å². The fourth-order valence-corrected chi connectivity index (χ4v) is 2.36. The molecule has 2 rings (SSSR count). The van der Waals surface area contributed by atoms with Crippen molar-refractivity contribution >= 4 is 21.8 Å². The Kier molecular flexibility index (Phi) is 4.96. The Balaban J connectivity index is 2.13. The van der Waals surface area contributed by atoms with Crippen molar-refractivity contribution in [1.82, 2.24) is 4.90 Å². The van der Waals surface area contributed by atoms with Gasteiger partial charge in [-0.05, 0) is 51.8 Å². The van der Waals surface area contributed by atoms with Crippen LogP contribution in [0.4, 0.5) is 4.39 Å². The molecule has 5 heteroatoms. The first-order valence-corrected chi connectivity index (χ1v) is 7.14. The van der Waals surface area contributed by atoms with E-state index in [4.69, 9.17) is 4.74 Å². The van der Waals surface area contributed by atoms with E-state index in [-0.39, 0.29) is 5.91 Å². The van der Waals surface area contributed by atoms with Gasteiger partial charge in [-0.1, -0.05) is 12.1 Å². The highest BCUT2D eigenvalue weighted by molar-refractivity contribution is 9.10. The maximum absolute atomic E-state index is 13.3. The quantitative estimate of drug-likeness (QED) is 0.836. The van der Waals surface area contributed by atoms with Gasteiger partial charge in [0.05, 0.1) is 12.7 Å². The zero-order valence-electron chi connectivity index (χ0n) is 11.8. The van der Waals surface area contributed by atoms with E-state index in [9.17, 15) is 9.18 Å². The molecular weight excluding hydrogens is 337 g/mol. The molecule has 2 aromatic carbocycles. The van der Waals surface area contributed by atoms with Gasteiger partial charge in [0, 0.05) is 18.1 Å². The highest BCUT2D eigenvalue weighted by atomic mass is 79.9. The lowest BCUT2D eigenvalue weighted by Gasteiger charge is -2.18. The largest absolute Gasteiger partial charge is 0.497 e. The second kappa shape index (κ2) is 6.72. The van der Waals surface area contributed by atoms with Crippen molar-refractivity contribution in [2.24, 2.45) is 0 Å². The molecule has 0 radical (unpaired) electrons. The maximum atomic E-state index is 13.3. The number of nitrogens with zero attached hydrogens (tertiary/aromatic N) is 1. The summed E-state index contributed by atoms with van der Waals surface area (Å²) in [6.07, 6.45) is 0. The number of amides is 1. The van der Waals surface area contributed by atoms with E-state index in [0.29, 0.717) is 16.6 Å². The summed E-state index contributed by atoms with van der Waals surface area (Å²) in [6.45, 7) is 0.436. The third kappa shape index (κ3) is 3.82. The van der Waals surface area contributed by atoms with E-state index in [1.54, 1.807) is 19.1 Å². The van der Waals surface area contributed by atoms with Crippen LogP contribution in [0.15, 0.2) is 46.9 Å². The average Bonchev–Trinajstić information content (AvgIpc) is 2.49. The molecule has 21 heavy (non-hydrogen) atoms. The molecule has 0 aliphatic carbocycles. The van der Waals surface area contributed by atoms with Crippen LogP contribution in [-0.2, 0) is 6.54 Å². The number of hydrogen-bond acceptors (Lipinski definition) is 2. The molecule has 0 fully saturated rings. The lowest BCUT2D eigenvalue weighted by atomic mass is 10.1. The number of carbonyl (C=O) groups is 1. The Morgan fingerprint density at radius 3 is 2.52 bits per heavy atom. The van der Waals surface area contributed by atoms with E-state index in [2.05, 4.69) is 15.9 Å². The number of benzene rings is 2. The van der Waals surface area contributed by atoms with Gasteiger partial charge in [0.25, 0.3) is 5.91 Å². The van der Waals surface area contributed by atoms with Gasteiger partial charge in [0.15, 0.2) is 0 Å². The summed E-state index contributed by atoms with van der Waals surface area (Å²) in [5, 5.41) is 0. The van der Waals surface area contributed by atoms with Crippen LogP contribution in [0, 0.1) is 5.82 Å². The minimum Gasteiger partial charge on any atom is -0.497 e. The van der Waals surface area contributed by atoms with Gasteiger partial charge in [-0.25, -0.2) is 4.39 Å². The Morgan fingerprint density at radius 2 is 1.90 bits per heavy atom. The van der Waals surface area contributed by atoms with Crippen LogP contribution in [0.3, 0.4) is 0 Å². The van der Waals surface area contributed by atoms with E-state index in [1.807, 2.05) is 24.3 Å². The van der Waals surface area contributed by atoms with Gasteiger partial charge in [0.2, 0.25) is 0 Å². The lowest BCUT2D eigenvalue weighted by molar-refractivity contribution is 0.0783. The van der Waals surface area contributed by atoms with Crippen LogP contribution >= 0.6 is 15.9 Å². The van der Waals surface area contributed by atoms with Crippen molar-refractivity contribution in [3.05, 3.63) is 63.9 Å². The van der Waals surface area contributed by atoms with E-state index in [0.717, 1.165) is 11.3 Å². The second-order valence-corrected chi connectivity index (χ2v) is 5.49. The van der Waals surface area contributed by atoms with Crippen molar-refractivity contribution < 1.29 is 13.9 Å². The lowest BCUT2D eigenvalue weighted by Crippen LogP contribution is -2.26. The first-order valence-electron chi connectivity index (χ1n) is 6.34. The molecule has 0 saturated carbocycles. The van der Waals surface area contributed by atoms with Crippen molar-refractivity contribution in [3.63, 3.8) is 0 Å². The Labute approximate surface area is 131 Å². The first-order chi connectivity index (χ1) is 10.0. The second-order valence-electron chi connectivity index (χ2n) is 4.63. The summed E-state index contributed by atoms with van der Waals surface area (Å²) in [5.74, 6) is 0.0946. The van der Waals surface area contributed by atoms with Gasteiger partial charge in [-0.2, -0.15) is 0 Å². The van der Waals surface area contributed by atoms with E-state index >= 15 is 0 Å². The van der Waals surface area contributed by atoms with Crippen molar-refractivity contribution in [2.45, 2.75) is 6.54 Å². The van der Waals surface area contributed by atoms with Gasteiger partial charge in [-0.15, -0.1) is 0 Å². The van der Waals surface area contributed by atoms with Crippen molar-refractivity contribution in [2.75, 3.05) is 14.2 Å². The summed E-state index contributed by atoms with van der Waals surface area (Å²) in [6, 6.07) is 11.5. The van der Waals surface area contributed by atoms with Crippen LogP contribution in [0.25, 0.3) is 0 Å². The monoisotopic (exact) mass is 351 g/mol. The standard InChI is InChI=1S/C16H15BrFNO2/c1-19(10-11-3-6-13(21-2)7-4-11)16(20)14-9-12(18)5-8-15(14)17/h3-9H,10H2,1-2H3. The number of ether oxygens (including phenoxy) is 1. The molecule has 3 nitrogen and oxygen atoms in total. The zero-order chi connectivity index (χ0) is 15.4. The zero-order valence-corrected chi connectivity index (χ0v) is 13.4. The molecule has 1 amide bonds. The number of hydrogen-bond donors (Lipinski definition) is 0.